The lowest BCUT2D eigenvalue weighted by atomic mass is 10.1. The van der Waals surface area contributed by atoms with Crippen molar-refractivity contribution < 1.29 is 14.3 Å². The summed E-state index contributed by atoms with van der Waals surface area (Å²) in [6.07, 6.45) is 3.39. The van der Waals surface area contributed by atoms with E-state index in [4.69, 9.17) is 4.74 Å². The van der Waals surface area contributed by atoms with Crippen LogP contribution in [0.2, 0.25) is 0 Å². The van der Waals surface area contributed by atoms with Gasteiger partial charge < -0.3 is 9.64 Å². The highest BCUT2D eigenvalue weighted by Gasteiger charge is 2.29. The van der Waals surface area contributed by atoms with E-state index in [0.717, 1.165) is 36.4 Å². The fraction of sp³-hybridized carbons (Fsp3) is 0.684. The largest absolute Gasteiger partial charge is 0.466 e. The van der Waals surface area contributed by atoms with Crippen LogP contribution in [0.15, 0.2) is 11.4 Å². The highest BCUT2D eigenvalue weighted by atomic mass is 32.1. The zero-order chi connectivity index (χ0) is 18.2. The number of hydrogen-bond acceptors (Lipinski definition) is 5. The van der Waals surface area contributed by atoms with Crippen LogP contribution in [0, 0.1) is 0 Å². The molecule has 1 fully saturated rings. The Bertz CT molecular complexity index is 573. The topological polar surface area (TPSA) is 49.9 Å². The lowest BCUT2D eigenvalue weighted by Crippen LogP contribution is -2.44. The van der Waals surface area contributed by atoms with Gasteiger partial charge in [-0.25, -0.2) is 0 Å². The Kier molecular flexibility index (Phi) is 7.90. The third-order valence-electron chi connectivity index (χ3n) is 4.84. The molecular weight excluding hydrogens is 336 g/mol. The van der Waals surface area contributed by atoms with Crippen LogP contribution in [0.3, 0.4) is 0 Å². The molecule has 2 rings (SSSR count). The molecular formula is C19H30N2O3S. The van der Waals surface area contributed by atoms with Crippen molar-refractivity contribution in [3.63, 3.8) is 0 Å². The van der Waals surface area contributed by atoms with Crippen molar-refractivity contribution in [1.82, 2.24) is 9.80 Å². The molecule has 0 saturated carbocycles. The first kappa shape index (κ1) is 19.9. The van der Waals surface area contributed by atoms with Gasteiger partial charge in [-0.2, -0.15) is 0 Å². The maximum Gasteiger partial charge on any atom is 0.307 e. The molecule has 0 unspecified atom stereocenters. The van der Waals surface area contributed by atoms with Gasteiger partial charge in [0.05, 0.1) is 17.9 Å². The summed E-state index contributed by atoms with van der Waals surface area (Å²) in [6.45, 7) is 9.63. The average molecular weight is 367 g/mol. The molecule has 25 heavy (non-hydrogen) atoms. The molecule has 0 aliphatic carbocycles. The molecule has 2 heterocycles. The van der Waals surface area contributed by atoms with Gasteiger partial charge in [0.1, 0.15) is 0 Å². The van der Waals surface area contributed by atoms with Crippen LogP contribution < -0.4 is 0 Å². The first-order valence-electron chi connectivity index (χ1n) is 9.35. The Morgan fingerprint density at radius 1 is 1.36 bits per heavy atom. The van der Waals surface area contributed by atoms with Crippen LogP contribution in [0.5, 0.6) is 0 Å². The molecule has 0 spiro atoms. The zero-order valence-electron chi connectivity index (χ0n) is 15.6. The van der Waals surface area contributed by atoms with Crippen LogP contribution in [0.4, 0.5) is 0 Å². The highest BCUT2D eigenvalue weighted by molar-refractivity contribution is 7.12. The summed E-state index contributed by atoms with van der Waals surface area (Å²) >= 11 is 1.50. The van der Waals surface area contributed by atoms with Gasteiger partial charge in [0.25, 0.3) is 5.91 Å². The average Bonchev–Trinajstić information content (AvgIpc) is 3.26. The second-order valence-corrected chi connectivity index (χ2v) is 7.28. The van der Waals surface area contributed by atoms with Crippen molar-refractivity contribution in [3.8, 4) is 0 Å². The smallest absolute Gasteiger partial charge is 0.307 e. The molecule has 0 N–H and O–H groups in total. The van der Waals surface area contributed by atoms with Crippen molar-refractivity contribution in [2.24, 2.45) is 0 Å². The standard InChI is InChI=1S/C19H30N2O3S/c1-4-15-10-13-25-18(15)19(23)21(12-9-17(22)24-6-3)14-16-8-7-11-20(16)5-2/h10,13,16H,4-9,11-12,14H2,1-3H3/t16-/m0/s1. The van der Waals surface area contributed by atoms with E-state index >= 15 is 0 Å². The van der Waals surface area contributed by atoms with E-state index in [0.29, 0.717) is 25.7 Å². The van der Waals surface area contributed by atoms with Crippen LogP contribution in [0.1, 0.15) is 55.3 Å². The van der Waals surface area contributed by atoms with Gasteiger partial charge in [-0.3, -0.25) is 14.5 Å². The maximum absolute atomic E-state index is 13.1. The van der Waals surface area contributed by atoms with Gasteiger partial charge in [-0.05, 0) is 56.3 Å². The van der Waals surface area contributed by atoms with Gasteiger partial charge in [-0.1, -0.05) is 13.8 Å². The number of esters is 1. The minimum Gasteiger partial charge on any atom is -0.466 e. The number of ether oxygens (including phenoxy) is 1. The first-order chi connectivity index (χ1) is 12.1. The number of amides is 1. The predicted molar refractivity (Wildman–Crippen MR) is 101 cm³/mol. The molecule has 5 nitrogen and oxygen atoms in total. The van der Waals surface area contributed by atoms with E-state index in [1.165, 1.54) is 17.8 Å². The second kappa shape index (κ2) is 9.92. The summed E-state index contributed by atoms with van der Waals surface area (Å²) in [7, 11) is 0. The fourth-order valence-corrected chi connectivity index (χ4v) is 4.42. The van der Waals surface area contributed by atoms with Crippen molar-refractivity contribution in [2.45, 2.75) is 52.5 Å². The molecule has 1 atom stereocenters. The molecule has 1 aliphatic heterocycles. The van der Waals surface area contributed by atoms with Crippen LogP contribution in [0.25, 0.3) is 0 Å². The van der Waals surface area contributed by atoms with Gasteiger partial charge in [0, 0.05) is 19.1 Å². The highest BCUT2D eigenvalue weighted by Crippen LogP contribution is 2.23. The summed E-state index contributed by atoms with van der Waals surface area (Å²) in [5.74, 6) is -0.180. The van der Waals surface area contributed by atoms with E-state index in [-0.39, 0.29) is 18.3 Å². The van der Waals surface area contributed by atoms with E-state index in [2.05, 4.69) is 18.7 Å². The number of carbonyl (C=O) groups is 2. The SMILES string of the molecule is CCOC(=O)CCN(C[C@@H]1CCCN1CC)C(=O)c1sccc1CC. The molecule has 0 bridgehead atoms. The lowest BCUT2D eigenvalue weighted by molar-refractivity contribution is -0.143. The number of thiophene rings is 1. The molecule has 1 aromatic rings. The first-order valence-corrected chi connectivity index (χ1v) is 10.2. The normalized spacial score (nSPS) is 17.6. The molecule has 6 heteroatoms. The number of carbonyl (C=O) groups excluding carboxylic acids is 2. The molecule has 1 aliphatic rings. The zero-order valence-corrected chi connectivity index (χ0v) is 16.4. The monoisotopic (exact) mass is 366 g/mol. The summed E-state index contributed by atoms with van der Waals surface area (Å²) in [5, 5.41) is 1.98. The predicted octanol–water partition coefficient (Wildman–Crippen LogP) is 3.19. The number of likely N-dealkylation sites (N-methyl/N-ethyl adjacent to an activating group) is 1. The quantitative estimate of drug-likeness (QED) is 0.630. The maximum atomic E-state index is 13.1. The summed E-state index contributed by atoms with van der Waals surface area (Å²) in [5.41, 5.74) is 1.09. The van der Waals surface area contributed by atoms with E-state index < -0.39 is 0 Å². The number of rotatable bonds is 9. The van der Waals surface area contributed by atoms with Crippen molar-refractivity contribution >= 4 is 23.2 Å². The van der Waals surface area contributed by atoms with Gasteiger partial charge >= 0.3 is 5.97 Å². The van der Waals surface area contributed by atoms with Crippen LogP contribution in [-0.4, -0.2) is 60.5 Å². The Hall–Kier alpha value is -1.40. The molecule has 1 aromatic heterocycles. The molecule has 0 aromatic carbocycles. The van der Waals surface area contributed by atoms with Crippen molar-refractivity contribution in [1.29, 1.82) is 0 Å². The molecule has 0 radical (unpaired) electrons. The van der Waals surface area contributed by atoms with E-state index in [9.17, 15) is 9.59 Å². The minimum atomic E-state index is -0.235. The number of hydrogen-bond donors (Lipinski definition) is 0. The minimum absolute atomic E-state index is 0.0547. The molecule has 1 saturated heterocycles. The summed E-state index contributed by atoms with van der Waals surface area (Å²) in [4.78, 5) is 30.0. The Labute approximate surface area is 154 Å². The van der Waals surface area contributed by atoms with E-state index in [1.807, 2.05) is 16.3 Å². The van der Waals surface area contributed by atoms with Gasteiger partial charge in [0.2, 0.25) is 0 Å². The van der Waals surface area contributed by atoms with Crippen LogP contribution >= 0.6 is 11.3 Å². The summed E-state index contributed by atoms with van der Waals surface area (Å²) in [6, 6.07) is 2.41. The second-order valence-electron chi connectivity index (χ2n) is 6.36. The number of aryl methyl sites for hydroxylation is 1. The Morgan fingerprint density at radius 2 is 2.16 bits per heavy atom. The van der Waals surface area contributed by atoms with Gasteiger partial charge in [-0.15, -0.1) is 11.3 Å². The molecule has 140 valence electrons. The fourth-order valence-electron chi connectivity index (χ4n) is 3.45. The van der Waals surface area contributed by atoms with E-state index in [1.54, 1.807) is 6.92 Å². The third-order valence-corrected chi connectivity index (χ3v) is 5.78. The number of likely N-dealkylation sites (tertiary alicyclic amines) is 1. The number of nitrogens with zero attached hydrogens (tertiary/aromatic N) is 2. The van der Waals surface area contributed by atoms with Crippen molar-refractivity contribution in [2.75, 3.05) is 32.8 Å². The molecule has 1 amide bonds. The Morgan fingerprint density at radius 3 is 2.84 bits per heavy atom. The van der Waals surface area contributed by atoms with Gasteiger partial charge in [0.15, 0.2) is 0 Å². The van der Waals surface area contributed by atoms with Crippen molar-refractivity contribution in [3.05, 3.63) is 21.9 Å². The third kappa shape index (κ3) is 5.28. The van der Waals surface area contributed by atoms with Crippen LogP contribution in [-0.2, 0) is 16.0 Å². The Balaban J connectivity index is 2.10. The summed E-state index contributed by atoms with van der Waals surface area (Å²) < 4.78 is 5.04. The lowest BCUT2D eigenvalue weighted by Gasteiger charge is -2.30.